The van der Waals surface area contributed by atoms with Crippen molar-refractivity contribution in [1.29, 1.82) is 0 Å². The van der Waals surface area contributed by atoms with E-state index in [-0.39, 0.29) is 11.8 Å². The zero-order valence-corrected chi connectivity index (χ0v) is 11.8. The van der Waals surface area contributed by atoms with Crippen LogP contribution in [0.4, 0.5) is 0 Å². The van der Waals surface area contributed by atoms with Crippen molar-refractivity contribution in [2.24, 2.45) is 0 Å². The third-order valence-electron chi connectivity index (χ3n) is 2.99. The lowest BCUT2D eigenvalue weighted by atomic mass is 10.2. The van der Waals surface area contributed by atoms with Gasteiger partial charge in [0.05, 0.1) is 13.2 Å². The first kappa shape index (κ1) is 14.7. The van der Waals surface area contributed by atoms with Crippen LogP contribution < -0.4 is 0 Å². The van der Waals surface area contributed by atoms with Gasteiger partial charge in [-0.05, 0) is 40.2 Å². The molecular weight excluding hydrogens is 232 g/mol. The highest BCUT2D eigenvalue weighted by Crippen LogP contribution is 2.21. The monoisotopic (exact) mass is 254 g/mol. The first-order chi connectivity index (χ1) is 8.45. The molecule has 0 amide bonds. The summed E-state index contributed by atoms with van der Waals surface area (Å²) in [7, 11) is 7.47. The van der Waals surface area contributed by atoms with Crippen LogP contribution in [0.2, 0.25) is 0 Å². The van der Waals surface area contributed by atoms with E-state index < -0.39 is 5.97 Å². The van der Waals surface area contributed by atoms with E-state index in [9.17, 15) is 4.79 Å². The van der Waals surface area contributed by atoms with Crippen molar-refractivity contribution in [2.45, 2.75) is 13.0 Å². The first-order valence-corrected chi connectivity index (χ1v) is 5.98. The highest BCUT2D eigenvalue weighted by Gasteiger charge is 2.18. The van der Waals surface area contributed by atoms with Crippen LogP contribution in [0.15, 0.2) is 16.5 Å². The van der Waals surface area contributed by atoms with Crippen molar-refractivity contribution in [1.82, 2.24) is 9.80 Å². The minimum Gasteiger partial charge on any atom is -0.463 e. The molecule has 5 nitrogen and oxygen atoms in total. The Morgan fingerprint density at radius 3 is 2.56 bits per heavy atom. The molecule has 0 fully saturated rings. The van der Waals surface area contributed by atoms with Crippen molar-refractivity contribution in [3.05, 3.63) is 23.7 Å². The van der Waals surface area contributed by atoms with Crippen molar-refractivity contribution < 1.29 is 13.9 Å². The second-order valence-electron chi connectivity index (χ2n) is 4.65. The zero-order chi connectivity index (χ0) is 13.7. The summed E-state index contributed by atoms with van der Waals surface area (Å²) in [6, 6.07) is 3.60. The summed E-state index contributed by atoms with van der Waals surface area (Å²) in [6.07, 6.45) is 0. The molecule has 0 N–H and O–H groups in total. The summed E-state index contributed by atoms with van der Waals surface area (Å²) in [6.45, 7) is 3.96. The lowest BCUT2D eigenvalue weighted by Crippen LogP contribution is -2.30. The fraction of sp³-hybridized carbons (Fsp3) is 0.615. The first-order valence-electron chi connectivity index (χ1n) is 5.98. The van der Waals surface area contributed by atoms with Crippen molar-refractivity contribution in [3.8, 4) is 0 Å². The molecule has 102 valence electrons. The van der Waals surface area contributed by atoms with E-state index in [0.29, 0.717) is 0 Å². The van der Waals surface area contributed by atoms with Gasteiger partial charge in [-0.25, -0.2) is 4.79 Å². The van der Waals surface area contributed by atoms with E-state index in [1.54, 1.807) is 6.07 Å². The standard InChI is InChI=1S/C13H22N2O3/c1-10(15(4)9-8-14(2)3)11-6-7-12(18-11)13(16)17-5/h6-7,10H,8-9H2,1-5H3. The number of hydrogen-bond donors (Lipinski definition) is 0. The van der Waals surface area contributed by atoms with Crippen LogP contribution in [-0.4, -0.2) is 57.1 Å². The van der Waals surface area contributed by atoms with Crippen LogP contribution >= 0.6 is 0 Å². The van der Waals surface area contributed by atoms with E-state index in [0.717, 1.165) is 18.8 Å². The van der Waals surface area contributed by atoms with Crippen LogP contribution in [0.25, 0.3) is 0 Å². The minimum atomic E-state index is -0.440. The number of likely N-dealkylation sites (N-methyl/N-ethyl adjacent to an activating group) is 2. The molecule has 18 heavy (non-hydrogen) atoms. The van der Waals surface area contributed by atoms with E-state index in [1.165, 1.54) is 7.11 Å². The van der Waals surface area contributed by atoms with Gasteiger partial charge in [-0.15, -0.1) is 0 Å². The lowest BCUT2D eigenvalue weighted by Gasteiger charge is -2.24. The molecule has 0 spiro atoms. The molecule has 1 heterocycles. The van der Waals surface area contributed by atoms with Crippen LogP contribution in [0, 0.1) is 0 Å². The number of ether oxygens (including phenoxy) is 1. The Hall–Kier alpha value is -1.33. The Bertz CT molecular complexity index is 387. The molecule has 5 heteroatoms. The second kappa shape index (κ2) is 6.56. The normalized spacial score (nSPS) is 13.1. The van der Waals surface area contributed by atoms with Gasteiger partial charge in [0.2, 0.25) is 5.76 Å². The molecule has 1 rings (SSSR count). The van der Waals surface area contributed by atoms with Gasteiger partial charge < -0.3 is 14.1 Å². The molecule has 0 bridgehead atoms. The average Bonchev–Trinajstić information content (AvgIpc) is 2.83. The Morgan fingerprint density at radius 1 is 1.33 bits per heavy atom. The molecule has 1 aromatic heterocycles. The van der Waals surface area contributed by atoms with Gasteiger partial charge in [0.15, 0.2) is 0 Å². The Labute approximate surface area is 108 Å². The number of hydrogen-bond acceptors (Lipinski definition) is 5. The Kier molecular flexibility index (Phi) is 5.37. The summed E-state index contributed by atoms with van der Waals surface area (Å²) in [5.74, 6) is 0.585. The Balaban J connectivity index is 2.63. The number of carbonyl (C=O) groups is 1. The minimum absolute atomic E-state index is 0.128. The van der Waals surface area contributed by atoms with Gasteiger partial charge in [-0.1, -0.05) is 0 Å². The molecular formula is C13H22N2O3. The fourth-order valence-corrected chi connectivity index (χ4v) is 1.56. The lowest BCUT2D eigenvalue weighted by molar-refractivity contribution is 0.0559. The summed E-state index contributed by atoms with van der Waals surface area (Å²) in [4.78, 5) is 15.6. The summed E-state index contributed by atoms with van der Waals surface area (Å²) in [5, 5.41) is 0. The van der Waals surface area contributed by atoms with Crippen LogP contribution in [0.3, 0.4) is 0 Å². The van der Waals surface area contributed by atoms with Crippen molar-refractivity contribution in [3.63, 3.8) is 0 Å². The number of methoxy groups -OCH3 is 1. The quantitative estimate of drug-likeness (QED) is 0.722. The largest absolute Gasteiger partial charge is 0.463 e. The van der Waals surface area contributed by atoms with Gasteiger partial charge in [-0.2, -0.15) is 0 Å². The maximum absolute atomic E-state index is 11.3. The molecule has 0 aliphatic carbocycles. The second-order valence-corrected chi connectivity index (χ2v) is 4.65. The van der Waals surface area contributed by atoms with E-state index in [4.69, 9.17) is 4.42 Å². The van der Waals surface area contributed by atoms with Gasteiger partial charge in [0.1, 0.15) is 5.76 Å². The number of carbonyl (C=O) groups excluding carboxylic acids is 1. The number of nitrogens with zero attached hydrogens (tertiary/aromatic N) is 2. The highest BCUT2D eigenvalue weighted by atomic mass is 16.5. The average molecular weight is 254 g/mol. The number of rotatable bonds is 6. The molecule has 1 unspecified atom stereocenters. The van der Waals surface area contributed by atoms with Crippen molar-refractivity contribution in [2.75, 3.05) is 41.3 Å². The van der Waals surface area contributed by atoms with Crippen molar-refractivity contribution >= 4 is 5.97 Å². The summed E-state index contributed by atoms with van der Waals surface area (Å²) in [5.41, 5.74) is 0. The predicted molar refractivity (Wildman–Crippen MR) is 69.6 cm³/mol. The maximum Gasteiger partial charge on any atom is 0.373 e. The topological polar surface area (TPSA) is 45.9 Å². The molecule has 1 aromatic rings. The Morgan fingerprint density at radius 2 is 2.00 bits per heavy atom. The third kappa shape index (κ3) is 3.85. The van der Waals surface area contributed by atoms with Crippen LogP contribution in [0.1, 0.15) is 29.3 Å². The molecule has 0 aliphatic rings. The molecule has 0 aliphatic heterocycles. The van der Waals surface area contributed by atoms with Crippen LogP contribution in [0.5, 0.6) is 0 Å². The molecule has 0 radical (unpaired) electrons. The van der Waals surface area contributed by atoms with Gasteiger partial charge >= 0.3 is 5.97 Å². The van der Waals surface area contributed by atoms with E-state index in [1.807, 2.05) is 27.2 Å². The third-order valence-corrected chi connectivity index (χ3v) is 2.99. The number of esters is 1. The smallest absolute Gasteiger partial charge is 0.373 e. The fourth-order valence-electron chi connectivity index (χ4n) is 1.56. The van der Waals surface area contributed by atoms with E-state index in [2.05, 4.69) is 21.5 Å². The zero-order valence-electron chi connectivity index (χ0n) is 11.8. The van der Waals surface area contributed by atoms with E-state index >= 15 is 0 Å². The van der Waals surface area contributed by atoms with Gasteiger partial charge in [-0.3, -0.25) is 4.90 Å². The number of furan rings is 1. The predicted octanol–water partition coefficient (Wildman–Crippen LogP) is 1.62. The van der Waals surface area contributed by atoms with Crippen LogP contribution in [-0.2, 0) is 4.74 Å². The van der Waals surface area contributed by atoms with Gasteiger partial charge in [0.25, 0.3) is 0 Å². The SMILES string of the molecule is COC(=O)c1ccc(C(C)N(C)CCN(C)C)o1. The summed E-state index contributed by atoms with van der Waals surface area (Å²) < 4.78 is 10.1. The molecule has 1 atom stereocenters. The molecule has 0 saturated carbocycles. The molecule has 0 saturated heterocycles. The maximum atomic E-state index is 11.3. The van der Waals surface area contributed by atoms with Gasteiger partial charge in [0, 0.05) is 13.1 Å². The highest BCUT2D eigenvalue weighted by molar-refractivity contribution is 5.86. The molecule has 0 aromatic carbocycles. The summed E-state index contributed by atoms with van der Waals surface area (Å²) >= 11 is 0.